The van der Waals surface area contributed by atoms with Gasteiger partial charge < -0.3 is 10.6 Å². The molecule has 2 aliphatic rings. The van der Waals surface area contributed by atoms with Crippen LogP contribution in [-0.4, -0.2) is 58.9 Å². The number of nitrogens with zero attached hydrogens (tertiary/aromatic N) is 3. The van der Waals surface area contributed by atoms with Crippen LogP contribution in [-0.2, 0) is 0 Å². The van der Waals surface area contributed by atoms with E-state index in [1.807, 2.05) is 16.9 Å². The minimum absolute atomic E-state index is 0.00800. The van der Waals surface area contributed by atoms with E-state index in [2.05, 4.69) is 34.5 Å². The van der Waals surface area contributed by atoms with E-state index >= 15 is 0 Å². The largest absolute Gasteiger partial charge is 0.349 e. The lowest BCUT2D eigenvalue weighted by atomic mass is 9.98. The zero-order valence-electron chi connectivity index (χ0n) is 15.1. The zero-order chi connectivity index (χ0) is 17.0. The number of nitrogens with one attached hydrogen (secondary N) is 2. The summed E-state index contributed by atoms with van der Waals surface area (Å²) >= 11 is 0. The Labute approximate surface area is 145 Å². The second-order valence-corrected chi connectivity index (χ2v) is 7.72. The first-order chi connectivity index (χ1) is 11.6. The highest BCUT2D eigenvalue weighted by Crippen LogP contribution is 2.20. The number of hydrogen-bond donors (Lipinski definition) is 2. The van der Waals surface area contributed by atoms with E-state index in [1.165, 1.54) is 19.3 Å². The molecule has 2 saturated heterocycles. The maximum Gasteiger partial charge on any atom is 0.271 e. The van der Waals surface area contributed by atoms with E-state index in [-0.39, 0.29) is 11.4 Å². The van der Waals surface area contributed by atoms with Crippen LogP contribution in [0.3, 0.4) is 0 Å². The van der Waals surface area contributed by atoms with Gasteiger partial charge >= 0.3 is 0 Å². The molecule has 6 nitrogen and oxygen atoms in total. The van der Waals surface area contributed by atoms with Gasteiger partial charge in [0.15, 0.2) is 0 Å². The average Bonchev–Trinajstić information content (AvgIpc) is 3.11. The third-order valence-electron chi connectivity index (χ3n) is 5.38. The topological polar surface area (TPSA) is 62.2 Å². The molecule has 2 fully saturated rings. The predicted molar refractivity (Wildman–Crippen MR) is 95.2 cm³/mol. The lowest BCUT2D eigenvalue weighted by Gasteiger charge is -2.41. The Bertz CT molecular complexity index is 541. The van der Waals surface area contributed by atoms with E-state index in [4.69, 9.17) is 0 Å². The van der Waals surface area contributed by atoms with Crippen molar-refractivity contribution in [2.24, 2.45) is 0 Å². The van der Waals surface area contributed by atoms with Crippen LogP contribution in [0.4, 0.5) is 0 Å². The van der Waals surface area contributed by atoms with Crippen molar-refractivity contribution in [2.45, 2.75) is 57.5 Å². The number of carbonyl (C=O) groups excluding carboxylic acids is 1. The van der Waals surface area contributed by atoms with Crippen molar-refractivity contribution in [3.05, 3.63) is 18.0 Å². The highest BCUT2D eigenvalue weighted by atomic mass is 16.2. The molecule has 3 heterocycles. The number of likely N-dealkylation sites (tertiary alicyclic amines) is 1. The molecule has 6 heteroatoms. The molecule has 0 radical (unpaired) electrons. The number of piperidine rings is 2. The molecule has 2 aliphatic heterocycles. The molecule has 134 valence electrons. The van der Waals surface area contributed by atoms with Crippen LogP contribution in [0.5, 0.6) is 0 Å². The molecular formula is C18H31N5O. The molecular weight excluding hydrogens is 302 g/mol. The summed E-state index contributed by atoms with van der Waals surface area (Å²) in [5.74, 6) is -0.0670. The minimum atomic E-state index is -0.0670. The van der Waals surface area contributed by atoms with Crippen LogP contribution in [0.25, 0.3) is 0 Å². The third kappa shape index (κ3) is 4.16. The van der Waals surface area contributed by atoms with Gasteiger partial charge in [-0.05, 0) is 65.2 Å². The maximum absolute atomic E-state index is 12.4. The predicted octanol–water partition coefficient (Wildman–Crippen LogP) is 1.80. The molecule has 24 heavy (non-hydrogen) atoms. The van der Waals surface area contributed by atoms with Crippen molar-refractivity contribution in [1.82, 2.24) is 25.3 Å². The van der Waals surface area contributed by atoms with Crippen LogP contribution >= 0.6 is 0 Å². The maximum atomic E-state index is 12.4. The van der Waals surface area contributed by atoms with E-state index in [0.717, 1.165) is 39.0 Å². The van der Waals surface area contributed by atoms with E-state index in [1.54, 1.807) is 0 Å². The number of carbonyl (C=O) groups is 1. The van der Waals surface area contributed by atoms with Gasteiger partial charge in [0.1, 0.15) is 5.69 Å². The fourth-order valence-corrected chi connectivity index (χ4v) is 3.72. The first kappa shape index (κ1) is 17.4. The molecule has 1 amide bonds. The summed E-state index contributed by atoms with van der Waals surface area (Å²) < 4.78 is 1.94. The lowest BCUT2D eigenvalue weighted by Crippen LogP contribution is -2.53. The van der Waals surface area contributed by atoms with Crippen LogP contribution in [0.15, 0.2) is 12.3 Å². The Morgan fingerprint density at radius 2 is 2.12 bits per heavy atom. The smallest absolute Gasteiger partial charge is 0.271 e. The van der Waals surface area contributed by atoms with Crippen LogP contribution in [0, 0.1) is 0 Å². The monoisotopic (exact) mass is 333 g/mol. The molecule has 1 unspecified atom stereocenters. The van der Waals surface area contributed by atoms with Gasteiger partial charge in [-0.25, -0.2) is 0 Å². The number of aromatic nitrogens is 2. The lowest BCUT2D eigenvalue weighted by molar-refractivity contribution is 0.0793. The van der Waals surface area contributed by atoms with Crippen molar-refractivity contribution in [2.75, 3.05) is 32.7 Å². The van der Waals surface area contributed by atoms with Crippen LogP contribution in [0.2, 0.25) is 0 Å². The molecule has 1 atom stereocenters. The fourth-order valence-electron chi connectivity index (χ4n) is 3.72. The average molecular weight is 333 g/mol. The van der Waals surface area contributed by atoms with Crippen LogP contribution < -0.4 is 10.6 Å². The van der Waals surface area contributed by atoms with Crippen molar-refractivity contribution in [3.63, 3.8) is 0 Å². The van der Waals surface area contributed by atoms with Gasteiger partial charge in [-0.1, -0.05) is 6.42 Å². The van der Waals surface area contributed by atoms with Gasteiger partial charge in [0.05, 0.1) is 6.04 Å². The minimum Gasteiger partial charge on any atom is -0.349 e. The van der Waals surface area contributed by atoms with Crippen LogP contribution in [0.1, 0.15) is 62.5 Å². The Hall–Kier alpha value is -1.40. The summed E-state index contributed by atoms with van der Waals surface area (Å²) in [6.45, 7) is 9.36. The fraction of sp³-hybridized carbons (Fsp3) is 0.778. The molecule has 0 aromatic carbocycles. The summed E-state index contributed by atoms with van der Waals surface area (Å²) in [5.41, 5.74) is 0.515. The highest BCUT2D eigenvalue weighted by Gasteiger charge is 2.28. The SMILES string of the molecule is CC(C)(CNC(=O)c1ccn(C2CCCNC2)n1)N1CCCCC1. The molecule has 3 rings (SSSR count). The van der Waals surface area contributed by atoms with Gasteiger partial charge in [-0.3, -0.25) is 14.4 Å². The van der Waals surface area contributed by atoms with Gasteiger partial charge in [0.25, 0.3) is 5.91 Å². The van der Waals surface area contributed by atoms with Gasteiger partial charge in [-0.2, -0.15) is 5.10 Å². The Balaban J connectivity index is 1.53. The van der Waals surface area contributed by atoms with Crippen molar-refractivity contribution in [1.29, 1.82) is 0 Å². The summed E-state index contributed by atoms with van der Waals surface area (Å²) in [6.07, 6.45) is 8.07. The molecule has 0 saturated carbocycles. The summed E-state index contributed by atoms with van der Waals surface area (Å²) in [6, 6.07) is 2.20. The first-order valence-corrected chi connectivity index (χ1v) is 9.35. The van der Waals surface area contributed by atoms with Gasteiger partial charge in [0.2, 0.25) is 0 Å². The quantitative estimate of drug-likeness (QED) is 0.862. The highest BCUT2D eigenvalue weighted by molar-refractivity contribution is 5.92. The first-order valence-electron chi connectivity index (χ1n) is 9.35. The number of rotatable bonds is 5. The second kappa shape index (κ2) is 7.66. The number of hydrogen-bond acceptors (Lipinski definition) is 4. The molecule has 0 aliphatic carbocycles. The number of amides is 1. The van der Waals surface area contributed by atoms with E-state index < -0.39 is 0 Å². The van der Waals surface area contributed by atoms with Crippen molar-refractivity contribution in [3.8, 4) is 0 Å². The Kier molecular flexibility index (Phi) is 5.56. The van der Waals surface area contributed by atoms with Crippen molar-refractivity contribution < 1.29 is 4.79 Å². The molecule has 0 bridgehead atoms. The van der Waals surface area contributed by atoms with E-state index in [9.17, 15) is 4.79 Å². The summed E-state index contributed by atoms with van der Waals surface area (Å²) in [4.78, 5) is 14.9. The summed E-state index contributed by atoms with van der Waals surface area (Å²) in [7, 11) is 0. The van der Waals surface area contributed by atoms with Crippen molar-refractivity contribution >= 4 is 5.91 Å². The molecule has 1 aromatic rings. The van der Waals surface area contributed by atoms with E-state index in [0.29, 0.717) is 18.3 Å². The zero-order valence-corrected chi connectivity index (χ0v) is 15.1. The standard InChI is InChI=1S/C18H31N5O/c1-18(2,22-10-4-3-5-11-22)14-20-17(24)16-8-12-23(21-16)15-7-6-9-19-13-15/h8,12,15,19H,3-7,9-11,13-14H2,1-2H3,(H,20,24). The Morgan fingerprint density at radius 1 is 1.33 bits per heavy atom. The van der Waals surface area contributed by atoms with Gasteiger partial charge in [0, 0.05) is 24.8 Å². The molecule has 1 aromatic heterocycles. The molecule has 0 spiro atoms. The van der Waals surface area contributed by atoms with Gasteiger partial charge in [-0.15, -0.1) is 0 Å². The Morgan fingerprint density at radius 3 is 2.83 bits per heavy atom. The summed E-state index contributed by atoms with van der Waals surface area (Å²) in [5, 5.41) is 11.0. The normalized spacial score (nSPS) is 23.2. The third-order valence-corrected chi connectivity index (χ3v) is 5.38. The second-order valence-electron chi connectivity index (χ2n) is 7.72. The molecule has 2 N–H and O–H groups in total.